The van der Waals surface area contributed by atoms with E-state index < -0.39 is 30.1 Å². The van der Waals surface area contributed by atoms with E-state index >= 15 is 0 Å². The number of alkyl carbamates (subject to hydrolysis) is 1. The summed E-state index contributed by atoms with van der Waals surface area (Å²) >= 11 is 0. The lowest BCUT2D eigenvalue weighted by molar-refractivity contribution is -0.126. The van der Waals surface area contributed by atoms with Gasteiger partial charge in [-0.25, -0.2) is 13.6 Å². The molecule has 23 heavy (non-hydrogen) atoms. The van der Waals surface area contributed by atoms with Gasteiger partial charge in [0, 0.05) is 12.0 Å². The molecule has 1 atom stereocenters. The number of halogens is 2. The summed E-state index contributed by atoms with van der Waals surface area (Å²) < 4.78 is 30.5. The summed E-state index contributed by atoms with van der Waals surface area (Å²) in [4.78, 5) is 23.8. The lowest BCUT2D eigenvalue weighted by Crippen LogP contribution is -2.52. The van der Waals surface area contributed by atoms with Gasteiger partial charge in [-0.2, -0.15) is 5.06 Å². The summed E-state index contributed by atoms with van der Waals surface area (Å²) in [7, 11) is 0. The van der Waals surface area contributed by atoms with Gasteiger partial charge in [0.25, 0.3) is 12.3 Å². The number of hydroxylamine groups is 1. The average molecular weight is 328 g/mol. The molecule has 0 aromatic heterocycles. The fraction of sp³-hybridized carbons (Fsp3) is 0.467. The molecule has 1 aromatic rings. The second kappa shape index (κ2) is 6.11. The predicted octanol–water partition coefficient (Wildman–Crippen LogP) is 2.80. The quantitative estimate of drug-likeness (QED) is 0.818. The number of alkyl halides is 2. The van der Waals surface area contributed by atoms with E-state index in [1.54, 1.807) is 20.8 Å². The number of ether oxygens (including phenoxy) is 1. The first-order valence-corrected chi connectivity index (χ1v) is 7.02. The van der Waals surface area contributed by atoms with Crippen molar-refractivity contribution in [1.82, 2.24) is 5.32 Å². The first kappa shape index (κ1) is 17.1. The highest BCUT2D eigenvalue weighted by molar-refractivity contribution is 5.99. The molecule has 2 N–H and O–H groups in total. The monoisotopic (exact) mass is 328 g/mol. The van der Waals surface area contributed by atoms with Crippen molar-refractivity contribution in [2.45, 2.75) is 45.3 Å². The molecule has 2 amide bonds. The van der Waals surface area contributed by atoms with Gasteiger partial charge in [-0.3, -0.25) is 10.0 Å². The molecule has 0 saturated carbocycles. The molecular formula is C15H18F2N2O4. The van der Waals surface area contributed by atoms with E-state index in [9.17, 15) is 23.6 Å². The topological polar surface area (TPSA) is 78.9 Å². The number of hydrogen-bond acceptors (Lipinski definition) is 4. The Kier molecular flexibility index (Phi) is 4.56. The lowest BCUT2D eigenvalue weighted by Gasteiger charge is -2.31. The van der Waals surface area contributed by atoms with Crippen LogP contribution in [0.1, 0.15) is 38.3 Å². The third-order valence-corrected chi connectivity index (χ3v) is 3.21. The Morgan fingerprint density at radius 1 is 1.43 bits per heavy atom. The molecular weight excluding hydrogens is 310 g/mol. The van der Waals surface area contributed by atoms with E-state index in [2.05, 4.69) is 5.32 Å². The van der Waals surface area contributed by atoms with E-state index in [0.717, 1.165) is 6.07 Å². The summed E-state index contributed by atoms with van der Waals surface area (Å²) in [6.07, 6.45) is -3.42. The highest BCUT2D eigenvalue weighted by Gasteiger charge is 2.34. The van der Waals surface area contributed by atoms with Gasteiger partial charge >= 0.3 is 6.09 Å². The maximum Gasteiger partial charge on any atom is 0.408 e. The van der Waals surface area contributed by atoms with Crippen molar-refractivity contribution >= 4 is 17.7 Å². The Morgan fingerprint density at radius 3 is 2.65 bits per heavy atom. The molecule has 126 valence electrons. The Balaban J connectivity index is 2.18. The van der Waals surface area contributed by atoms with Gasteiger partial charge in [0.15, 0.2) is 0 Å². The number of carbonyl (C=O) groups excluding carboxylic acids is 2. The van der Waals surface area contributed by atoms with Crippen molar-refractivity contribution in [1.29, 1.82) is 0 Å². The molecule has 1 aliphatic rings. The maximum atomic E-state index is 12.7. The van der Waals surface area contributed by atoms with Gasteiger partial charge in [0.05, 0.1) is 5.69 Å². The molecule has 0 saturated heterocycles. The number of fused-ring (bicyclic) bond motifs is 1. The fourth-order valence-corrected chi connectivity index (χ4v) is 2.22. The Labute approximate surface area is 132 Å². The van der Waals surface area contributed by atoms with Gasteiger partial charge < -0.3 is 10.1 Å². The van der Waals surface area contributed by atoms with E-state index in [4.69, 9.17) is 4.74 Å². The van der Waals surface area contributed by atoms with Gasteiger partial charge in [0.2, 0.25) is 0 Å². The number of amides is 2. The zero-order valence-electron chi connectivity index (χ0n) is 13.0. The SMILES string of the molecule is CC(C)(C)OC(=O)N[C@@H]1Cc2ccc(C(F)F)cc2N(O)C1=O. The Bertz CT molecular complexity index is 628. The number of nitrogens with zero attached hydrogens (tertiary/aromatic N) is 1. The van der Waals surface area contributed by atoms with Crippen LogP contribution in [0.2, 0.25) is 0 Å². The second-order valence-corrected chi connectivity index (χ2v) is 6.24. The van der Waals surface area contributed by atoms with Crippen LogP contribution in [0, 0.1) is 0 Å². The van der Waals surface area contributed by atoms with Gasteiger partial charge in [-0.1, -0.05) is 12.1 Å². The first-order chi connectivity index (χ1) is 10.6. The number of anilines is 1. The van der Waals surface area contributed by atoms with Crippen molar-refractivity contribution in [3.05, 3.63) is 29.3 Å². The minimum absolute atomic E-state index is 0.00459. The van der Waals surface area contributed by atoms with Crippen molar-refractivity contribution in [2.24, 2.45) is 0 Å². The highest BCUT2D eigenvalue weighted by atomic mass is 19.3. The van der Waals surface area contributed by atoms with Crippen LogP contribution in [0.3, 0.4) is 0 Å². The van der Waals surface area contributed by atoms with Gasteiger partial charge in [-0.05, 0) is 32.4 Å². The summed E-state index contributed by atoms with van der Waals surface area (Å²) in [5, 5.41) is 12.6. The minimum Gasteiger partial charge on any atom is -0.444 e. The molecule has 0 spiro atoms. The molecule has 0 aliphatic carbocycles. The van der Waals surface area contributed by atoms with Crippen LogP contribution in [-0.2, 0) is 16.0 Å². The number of nitrogens with one attached hydrogen (secondary N) is 1. The molecule has 0 bridgehead atoms. The van der Waals surface area contributed by atoms with Crippen LogP contribution in [0.5, 0.6) is 0 Å². The predicted molar refractivity (Wildman–Crippen MR) is 77.5 cm³/mol. The summed E-state index contributed by atoms with van der Waals surface area (Å²) in [6.45, 7) is 5.03. The van der Waals surface area contributed by atoms with E-state index in [1.165, 1.54) is 12.1 Å². The number of benzene rings is 1. The summed E-state index contributed by atoms with van der Waals surface area (Å²) in [5.41, 5.74) is -0.563. The van der Waals surface area contributed by atoms with Crippen LogP contribution in [0.25, 0.3) is 0 Å². The van der Waals surface area contributed by atoms with Crippen LogP contribution in [0.15, 0.2) is 18.2 Å². The van der Waals surface area contributed by atoms with Gasteiger partial charge in [-0.15, -0.1) is 0 Å². The molecule has 2 rings (SSSR count). The fourth-order valence-electron chi connectivity index (χ4n) is 2.22. The van der Waals surface area contributed by atoms with Gasteiger partial charge in [0.1, 0.15) is 11.6 Å². The Hall–Kier alpha value is -2.22. The third kappa shape index (κ3) is 3.95. The largest absolute Gasteiger partial charge is 0.444 e. The average Bonchev–Trinajstić information content (AvgIpc) is 2.42. The van der Waals surface area contributed by atoms with Crippen molar-refractivity contribution in [3.63, 3.8) is 0 Å². The number of rotatable bonds is 2. The minimum atomic E-state index is -2.71. The third-order valence-electron chi connectivity index (χ3n) is 3.21. The molecule has 0 radical (unpaired) electrons. The molecule has 6 nitrogen and oxygen atoms in total. The zero-order valence-corrected chi connectivity index (χ0v) is 13.0. The first-order valence-electron chi connectivity index (χ1n) is 7.02. The van der Waals surface area contributed by atoms with Crippen LogP contribution in [0.4, 0.5) is 19.3 Å². The van der Waals surface area contributed by atoms with Crippen LogP contribution >= 0.6 is 0 Å². The molecule has 1 aromatic carbocycles. The standard InChI is InChI=1S/C15H18F2N2O4/c1-15(2,3)23-14(21)18-10-6-8-4-5-9(12(16)17)7-11(8)19(22)13(10)20/h4-5,7,10,12,22H,6H2,1-3H3,(H,18,21)/t10-/m1/s1. The van der Waals surface area contributed by atoms with Crippen molar-refractivity contribution < 1.29 is 28.3 Å². The normalized spacial score (nSPS) is 18.0. The number of hydrogen-bond donors (Lipinski definition) is 2. The lowest BCUT2D eigenvalue weighted by atomic mass is 9.97. The molecule has 0 fully saturated rings. The molecule has 8 heteroatoms. The van der Waals surface area contributed by atoms with E-state index in [0.29, 0.717) is 5.56 Å². The number of carbonyl (C=O) groups is 2. The summed E-state index contributed by atoms with van der Waals surface area (Å²) in [6, 6.07) is 2.65. The molecule has 0 unspecified atom stereocenters. The highest BCUT2D eigenvalue weighted by Crippen LogP contribution is 2.31. The second-order valence-electron chi connectivity index (χ2n) is 6.24. The van der Waals surface area contributed by atoms with Crippen LogP contribution in [-0.4, -0.2) is 28.9 Å². The smallest absolute Gasteiger partial charge is 0.408 e. The molecule has 1 aliphatic heterocycles. The van der Waals surface area contributed by atoms with E-state index in [-0.39, 0.29) is 22.7 Å². The van der Waals surface area contributed by atoms with Crippen LogP contribution < -0.4 is 10.4 Å². The Morgan fingerprint density at radius 2 is 2.09 bits per heavy atom. The van der Waals surface area contributed by atoms with Crippen molar-refractivity contribution in [2.75, 3.05) is 5.06 Å². The maximum absolute atomic E-state index is 12.7. The van der Waals surface area contributed by atoms with E-state index in [1.807, 2.05) is 0 Å². The summed E-state index contributed by atoms with van der Waals surface area (Å²) in [5.74, 6) is -0.810. The van der Waals surface area contributed by atoms with Crippen molar-refractivity contribution in [3.8, 4) is 0 Å². The zero-order chi connectivity index (χ0) is 17.4. The molecule has 1 heterocycles.